The number of aryl methyl sites for hydroxylation is 1. The van der Waals surface area contributed by atoms with Gasteiger partial charge in [-0.25, -0.2) is 0 Å². The number of nitrogens with one attached hydrogen (secondary N) is 1. The fourth-order valence-electron chi connectivity index (χ4n) is 1.90. The molecule has 21 heavy (non-hydrogen) atoms. The Kier molecular flexibility index (Phi) is 5.48. The van der Waals surface area contributed by atoms with Gasteiger partial charge in [0.2, 0.25) is 0 Å². The molecule has 0 aliphatic carbocycles. The smallest absolute Gasteiger partial charge is 0.256 e. The minimum absolute atomic E-state index is 0.180. The van der Waals surface area contributed by atoms with Gasteiger partial charge in [-0.1, -0.05) is 12.1 Å². The number of nitrogens with two attached hydrogens (primary N) is 1. The molecule has 0 aliphatic heterocycles. The van der Waals surface area contributed by atoms with E-state index in [1.54, 1.807) is 30.0 Å². The van der Waals surface area contributed by atoms with Gasteiger partial charge < -0.3 is 15.8 Å². The van der Waals surface area contributed by atoms with Gasteiger partial charge in [-0.3, -0.25) is 9.48 Å². The van der Waals surface area contributed by atoms with Crippen molar-refractivity contribution in [1.82, 2.24) is 9.78 Å². The van der Waals surface area contributed by atoms with Crippen LogP contribution in [0.5, 0.6) is 0 Å². The lowest BCUT2D eigenvalue weighted by atomic mass is 10.1. The molecule has 0 atom stereocenters. The normalized spacial score (nSPS) is 10.6. The summed E-state index contributed by atoms with van der Waals surface area (Å²) in [4.78, 5) is 12.1. The Balaban J connectivity index is 1.92. The van der Waals surface area contributed by atoms with Crippen LogP contribution in [-0.4, -0.2) is 29.4 Å². The van der Waals surface area contributed by atoms with Crippen LogP contribution >= 0.6 is 0 Å². The van der Waals surface area contributed by atoms with Gasteiger partial charge in [-0.2, -0.15) is 5.10 Å². The van der Waals surface area contributed by atoms with Crippen LogP contribution in [0.25, 0.3) is 0 Å². The molecule has 6 heteroatoms. The zero-order chi connectivity index (χ0) is 15.1. The van der Waals surface area contributed by atoms with E-state index in [-0.39, 0.29) is 5.91 Å². The van der Waals surface area contributed by atoms with Gasteiger partial charge >= 0.3 is 0 Å². The second kappa shape index (κ2) is 7.56. The van der Waals surface area contributed by atoms with E-state index in [1.165, 1.54) is 0 Å². The molecule has 0 bridgehead atoms. The summed E-state index contributed by atoms with van der Waals surface area (Å²) in [7, 11) is 1.67. The van der Waals surface area contributed by atoms with Crippen molar-refractivity contribution in [2.24, 2.45) is 5.73 Å². The van der Waals surface area contributed by atoms with Crippen LogP contribution < -0.4 is 11.1 Å². The van der Waals surface area contributed by atoms with Crippen LogP contribution in [0.3, 0.4) is 0 Å². The number of carbonyl (C=O) groups is 1. The Labute approximate surface area is 123 Å². The van der Waals surface area contributed by atoms with Crippen molar-refractivity contribution >= 4 is 11.7 Å². The van der Waals surface area contributed by atoms with E-state index >= 15 is 0 Å². The van der Waals surface area contributed by atoms with Crippen LogP contribution in [0.1, 0.15) is 22.3 Å². The van der Waals surface area contributed by atoms with Crippen LogP contribution in [0.2, 0.25) is 0 Å². The molecular formula is C15H20N4O2. The minimum Gasteiger partial charge on any atom is -0.385 e. The van der Waals surface area contributed by atoms with Gasteiger partial charge in [0.05, 0.1) is 0 Å². The number of carbonyl (C=O) groups excluding carboxylic acids is 1. The average Bonchev–Trinajstić information content (AvgIpc) is 2.95. The van der Waals surface area contributed by atoms with Crippen molar-refractivity contribution < 1.29 is 9.53 Å². The SMILES string of the molecule is COCCCn1ccc(NC(=O)c2ccc(CN)cc2)n1. The fraction of sp³-hybridized carbons (Fsp3) is 0.333. The Hall–Kier alpha value is -2.18. The first-order chi connectivity index (χ1) is 10.2. The van der Waals surface area contributed by atoms with E-state index in [2.05, 4.69) is 10.4 Å². The van der Waals surface area contributed by atoms with Gasteiger partial charge in [0.1, 0.15) is 0 Å². The van der Waals surface area contributed by atoms with Crippen LogP contribution in [0, 0.1) is 0 Å². The molecule has 1 aromatic heterocycles. The zero-order valence-electron chi connectivity index (χ0n) is 12.1. The number of methoxy groups -OCH3 is 1. The summed E-state index contributed by atoms with van der Waals surface area (Å²) in [6.07, 6.45) is 2.72. The topological polar surface area (TPSA) is 82.2 Å². The standard InChI is InChI=1S/C15H20N4O2/c1-21-10-2-8-19-9-7-14(18-19)17-15(20)13-5-3-12(11-16)4-6-13/h3-7,9H,2,8,10-11,16H2,1H3,(H,17,18,20). The molecule has 0 fully saturated rings. The Morgan fingerprint density at radius 2 is 2.10 bits per heavy atom. The van der Waals surface area contributed by atoms with Crippen molar-refractivity contribution in [2.45, 2.75) is 19.5 Å². The lowest BCUT2D eigenvalue weighted by Crippen LogP contribution is -2.13. The summed E-state index contributed by atoms with van der Waals surface area (Å²) < 4.78 is 6.78. The molecule has 3 N–H and O–H groups in total. The Morgan fingerprint density at radius 1 is 1.33 bits per heavy atom. The van der Waals surface area contributed by atoms with Crippen molar-refractivity contribution in [1.29, 1.82) is 0 Å². The highest BCUT2D eigenvalue weighted by Gasteiger charge is 2.07. The molecule has 0 unspecified atom stereocenters. The minimum atomic E-state index is -0.180. The summed E-state index contributed by atoms with van der Waals surface area (Å²) in [6.45, 7) is 1.91. The molecule has 1 heterocycles. The van der Waals surface area contributed by atoms with Gasteiger partial charge in [0.25, 0.3) is 5.91 Å². The van der Waals surface area contributed by atoms with Gasteiger partial charge in [0, 0.05) is 44.6 Å². The molecule has 0 radical (unpaired) electrons. The lowest BCUT2D eigenvalue weighted by Gasteiger charge is -2.04. The average molecular weight is 288 g/mol. The zero-order valence-corrected chi connectivity index (χ0v) is 12.1. The maximum absolute atomic E-state index is 12.1. The summed E-state index contributed by atoms with van der Waals surface area (Å²) in [5.41, 5.74) is 7.11. The molecule has 2 rings (SSSR count). The summed E-state index contributed by atoms with van der Waals surface area (Å²) in [5.74, 6) is 0.362. The largest absolute Gasteiger partial charge is 0.385 e. The summed E-state index contributed by atoms with van der Waals surface area (Å²) in [6, 6.07) is 8.98. The summed E-state index contributed by atoms with van der Waals surface area (Å²) >= 11 is 0. The maximum Gasteiger partial charge on any atom is 0.256 e. The number of ether oxygens (including phenoxy) is 1. The van der Waals surface area contributed by atoms with Gasteiger partial charge in [-0.15, -0.1) is 0 Å². The second-order valence-corrected chi connectivity index (χ2v) is 4.67. The quantitative estimate of drug-likeness (QED) is 0.759. The molecule has 0 aliphatic rings. The highest BCUT2D eigenvalue weighted by Crippen LogP contribution is 2.08. The molecule has 112 valence electrons. The number of benzene rings is 1. The monoisotopic (exact) mass is 288 g/mol. The van der Waals surface area contributed by atoms with Crippen LogP contribution in [-0.2, 0) is 17.8 Å². The second-order valence-electron chi connectivity index (χ2n) is 4.67. The van der Waals surface area contributed by atoms with Gasteiger partial charge in [0.15, 0.2) is 5.82 Å². The van der Waals surface area contributed by atoms with Crippen molar-refractivity contribution in [3.8, 4) is 0 Å². The van der Waals surface area contributed by atoms with E-state index in [1.807, 2.05) is 18.3 Å². The van der Waals surface area contributed by atoms with E-state index < -0.39 is 0 Å². The highest BCUT2D eigenvalue weighted by atomic mass is 16.5. The van der Waals surface area contributed by atoms with Crippen molar-refractivity contribution in [3.05, 3.63) is 47.7 Å². The van der Waals surface area contributed by atoms with Crippen molar-refractivity contribution in [3.63, 3.8) is 0 Å². The third-order valence-corrected chi connectivity index (χ3v) is 3.07. The Morgan fingerprint density at radius 3 is 2.76 bits per heavy atom. The lowest BCUT2D eigenvalue weighted by molar-refractivity contribution is 0.102. The third-order valence-electron chi connectivity index (χ3n) is 3.07. The number of nitrogens with zero attached hydrogens (tertiary/aromatic N) is 2. The molecular weight excluding hydrogens is 268 g/mol. The van der Waals surface area contributed by atoms with Crippen molar-refractivity contribution in [2.75, 3.05) is 19.0 Å². The molecule has 6 nitrogen and oxygen atoms in total. The first-order valence-corrected chi connectivity index (χ1v) is 6.85. The first-order valence-electron chi connectivity index (χ1n) is 6.85. The Bertz CT molecular complexity index is 578. The van der Waals surface area contributed by atoms with E-state index in [4.69, 9.17) is 10.5 Å². The summed E-state index contributed by atoms with van der Waals surface area (Å²) in [5, 5.41) is 7.06. The van der Waals surface area contributed by atoms with Gasteiger partial charge in [-0.05, 0) is 24.1 Å². The molecule has 0 saturated carbocycles. The maximum atomic E-state index is 12.1. The number of hydrogen-bond donors (Lipinski definition) is 2. The van der Waals surface area contributed by atoms with Crippen LogP contribution in [0.15, 0.2) is 36.5 Å². The fourth-order valence-corrected chi connectivity index (χ4v) is 1.90. The van der Waals surface area contributed by atoms with E-state index in [0.29, 0.717) is 24.5 Å². The number of anilines is 1. The first kappa shape index (κ1) is 15.2. The predicted molar refractivity (Wildman–Crippen MR) is 81.0 cm³/mol. The van der Waals surface area contributed by atoms with E-state index in [0.717, 1.165) is 18.5 Å². The number of hydrogen-bond acceptors (Lipinski definition) is 4. The molecule has 0 spiro atoms. The predicted octanol–water partition coefficient (Wildman–Crippen LogP) is 1.63. The number of amides is 1. The highest BCUT2D eigenvalue weighted by molar-refractivity contribution is 6.03. The third kappa shape index (κ3) is 4.40. The molecule has 1 amide bonds. The van der Waals surface area contributed by atoms with E-state index in [9.17, 15) is 4.79 Å². The number of rotatable bonds is 7. The van der Waals surface area contributed by atoms with Crippen LogP contribution in [0.4, 0.5) is 5.82 Å². The molecule has 1 aromatic carbocycles. The molecule has 0 saturated heterocycles. The molecule has 2 aromatic rings. The number of aromatic nitrogens is 2.